The van der Waals surface area contributed by atoms with E-state index in [9.17, 15) is 14.9 Å². The van der Waals surface area contributed by atoms with E-state index in [0.29, 0.717) is 17.8 Å². The average molecular weight is 429 g/mol. The van der Waals surface area contributed by atoms with Crippen LogP contribution in [0.5, 0.6) is 5.75 Å². The van der Waals surface area contributed by atoms with Crippen molar-refractivity contribution in [3.63, 3.8) is 0 Å². The van der Waals surface area contributed by atoms with Crippen LogP contribution in [0.25, 0.3) is 6.08 Å². The topological polar surface area (TPSA) is 70.4 Å². The maximum atomic E-state index is 13.4. The minimum atomic E-state index is -0.556. The van der Waals surface area contributed by atoms with Crippen LogP contribution in [0.2, 0.25) is 0 Å². The molecule has 1 aliphatic rings. The number of nitriles is 1. The van der Waals surface area contributed by atoms with E-state index in [0.717, 1.165) is 36.1 Å². The maximum Gasteiger partial charge on any atom is 0.272 e. The number of unbranched alkanes of at least 4 members (excludes halogenated alkanes) is 2. The Bertz CT molecular complexity index is 1080. The second-order valence-corrected chi connectivity index (χ2v) is 7.86. The molecule has 5 heteroatoms. The summed E-state index contributed by atoms with van der Waals surface area (Å²) in [6.07, 6.45) is 5.02. The lowest BCUT2D eigenvalue weighted by molar-refractivity contribution is -0.143. The number of hydrogen-bond donors (Lipinski definition) is 0. The number of carbonyl (C=O) groups is 2. The van der Waals surface area contributed by atoms with Crippen molar-refractivity contribution in [1.29, 1.82) is 5.26 Å². The zero-order chi connectivity index (χ0) is 23.1. The van der Waals surface area contributed by atoms with Gasteiger partial charge in [0.05, 0.1) is 12.6 Å². The van der Waals surface area contributed by atoms with Gasteiger partial charge in [0.25, 0.3) is 11.8 Å². The number of imide groups is 1. The molecule has 2 aromatic rings. The molecule has 0 aliphatic carbocycles. The van der Waals surface area contributed by atoms with E-state index in [2.05, 4.69) is 6.92 Å². The number of benzene rings is 2. The first kappa shape index (κ1) is 23.0. The van der Waals surface area contributed by atoms with E-state index in [1.54, 1.807) is 19.9 Å². The van der Waals surface area contributed by atoms with Crippen molar-refractivity contribution in [2.45, 2.75) is 46.1 Å². The number of amides is 2. The van der Waals surface area contributed by atoms with Gasteiger partial charge in [0, 0.05) is 5.57 Å². The summed E-state index contributed by atoms with van der Waals surface area (Å²) in [4.78, 5) is 27.5. The van der Waals surface area contributed by atoms with Gasteiger partial charge in [0.15, 0.2) is 0 Å². The molecule has 0 N–H and O–H groups in total. The first-order valence-electron chi connectivity index (χ1n) is 11.0. The molecule has 0 bridgehead atoms. The van der Waals surface area contributed by atoms with Crippen molar-refractivity contribution >= 4 is 17.9 Å². The molecule has 0 saturated heterocycles. The Kier molecular flexibility index (Phi) is 7.62. The lowest BCUT2D eigenvalue weighted by Gasteiger charge is -2.32. The molecule has 1 heterocycles. The summed E-state index contributed by atoms with van der Waals surface area (Å²) in [5, 5.41) is 9.62. The monoisotopic (exact) mass is 428 g/mol. The van der Waals surface area contributed by atoms with Crippen LogP contribution in [0, 0.1) is 11.3 Å². The minimum Gasteiger partial charge on any atom is -0.494 e. The number of carbonyl (C=O) groups excluding carboxylic acids is 2. The first-order valence-corrected chi connectivity index (χ1v) is 11.0. The smallest absolute Gasteiger partial charge is 0.272 e. The Hall–Kier alpha value is -3.65. The standard InChI is InChI=1S/C27H28N2O3/c1-4-5-9-16-32-23-14-12-21(13-15-23)17-24-19(2)25(18-28)27(31)29(26(24)30)20(3)22-10-7-6-8-11-22/h6-8,10-15,17,20H,4-5,9,16H2,1-3H3/b24-17+. The third-order valence-corrected chi connectivity index (χ3v) is 5.65. The van der Waals surface area contributed by atoms with Crippen molar-refractivity contribution < 1.29 is 14.3 Å². The van der Waals surface area contributed by atoms with Crippen LogP contribution in [-0.2, 0) is 9.59 Å². The van der Waals surface area contributed by atoms with Gasteiger partial charge in [0.2, 0.25) is 0 Å². The fraction of sp³-hybridized carbons (Fsp3) is 0.296. The van der Waals surface area contributed by atoms with Gasteiger partial charge in [-0.15, -0.1) is 0 Å². The van der Waals surface area contributed by atoms with E-state index >= 15 is 0 Å². The van der Waals surface area contributed by atoms with Crippen molar-refractivity contribution in [3.05, 3.63) is 82.4 Å². The van der Waals surface area contributed by atoms with Gasteiger partial charge in [-0.25, -0.2) is 0 Å². The van der Waals surface area contributed by atoms with Gasteiger partial charge in [-0.05, 0) is 55.2 Å². The number of nitrogens with zero attached hydrogens (tertiary/aromatic N) is 2. The Labute approximate surface area is 189 Å². The van der Waals surface area contributed by atoms with Crippen LogP contribution in [0.4, 0.5) is 0 Å². The minimum absolute atomic E-state index is 0.00508. The predicted octanol–water partition coefficient (Wildman–Crippen LogP) is 5.61. The molecule has 0 saturated carbocycles. The highest BCUT2D eigenvalue weighted by molar-refractivity contribution is 6.19. The molecule has 1 unspecified atom stereocenters. The van der Waals surface area contributed by atoms with E-state index in [1.807, 2.05) is 60.7 Å². The largest absolute Gasteiger partial charge is 0.494 e. The molecule has 0 fully saturated rings. The van der Waals surface area contributed by atoms with Gasteiger partial charge in [-0.1, -0.05) is 62.2 Å². The quantitative estimate of drug-likeness (QED) is 0.311. The van der Waals surface area contributed by atoms with Gasteiger partial charge in [0.1, 0.15) is 17.4 Å². The summed E-state index contributed by atoms with van der Waals surface area (Å²) >= 11 is 0. The van der Waals surface area contributed by atoms with Crippen molar-refractivity contribution in [2.75, 3.05) is 6.61 Å². The summed E-state index contributed by atoms with van der Waals surface area (Å²) in [6, 6.07) is 18.3. The van der Waals surface area contributed by atoms with E-state index in [-0.39, 0.29) is 5.57 Å². The Morgan fingerprint density at radius 3 is 2.34 bits per heavy atom. The summed E-state index contributed by atoms with van der Waals surface area (Å²) in [5.74, 6) is -0.181. The number of hydrogen-bond acceptors (Lipinski definition) is 4. The second-order valence-electron chi connectivity index (χ2n) is 7.86. The molecular weight excluding hydrogens is 400 g/mol. The normalized spacial score (nSPS) is 16.3. The molecule has 32 heavy (non-hydrogen) atoms. The van der Waals surface area contributed by atoms with Crippen LogP contribution in [-0.4, -0.2) is 23.3 Å². The van der Waals surface area contributed by atoms with E-state index in [4.69, 9.17) is 4.74 Å². The maximum absolute atomic E-state index is 13.4. The summed E-state index contributed by atoms with van der Waals surface area (Å²) in [7, 11) is 0. The summed E-state index contributed by atoms with van der Waals surface area (Å²) < 4.78 is 5.75. The molecular formula is C27H28N2O3. The lowest BCUT2D eigenvalue weighted by atomic mass is 9.91. The van der Waals surface area contributed by atoms with Gasteiger partial charge < -0.3 is 4.74 Å². The van der Waals surface area contributed by atoms with Crippen LogP contribution >= 0.6 is 0 Å². The van der Waals surface area contributed by atoms with Gasteiger partial charge in [-0.2, -0.15) is 5.26 Å². The molecule has 0 spiro atoms. The Morgan fingerprint density at radius 1 is 1.03 bits per heavy atom. The second kappa shape index (κ2) is 10.6. The van der Waals surface area contributed by atoms with Crippen molar-refractivity contribution in [3.8, 4) is 11.8 Å². The molecule has 0 radical (unpaired) electrons. The molecule has 5 nitrogen and oxygen atoms in total. The van der Waals surface area contributed by atoms with Crippen molar-refractivity contribution in [1.82, 2.24) is 4.90 Å². The SMILES string of the molecule is CCCCCOc1ccc(/C=C2/C(=O)N(C(C)c3ccccc3)C(=O)C(C#N)=C2C)cc1. The predicted molar refractivity (Wildman–Crippen MR) is 124 cm³/mol. The van der Waals surface area contributed by atoms with Gasteiger partial charge in [-0.3, -0.25) is 14.5 Å². The molecule has 1 atom stereocenters. The van der Waals surface area contributed by atoms with E-state index < -0.39 is 17.9 Å². The molecule has 164 valence electrons. The van der Waals surface area contributed by atoms with Gasteiger partial charge >= 0.3 is 0 Å². The zero-order valence-corrected chi connectivity index (χ0v) is 18.8. The molecule has 0 aromatic heterocycles. The fourth-order valence-corrected chi connectivity index (χ4v) is 3.70. The Morgan fingerprint density at radius 2 is 1.72 bits per heavy atom. The average Bonchev–Trinajstić information content (AvgIpc) is 2.81. The number of ether oxygens (including phenoxy) is 1. The molecule has 2 aromatic carbocycles. The highest BCUT2D eigenvalue weighted by Crippen LogP contribution is 2.33. The molecule has 3 rings (SSSR count). The summed E-state index contributed by atoms with van der Waals surface area (Å²) in [5.41, 5.74) is 2.37. The first-order chi connectivity index (χ1) is 15.5. The lowest BCUT2D eigenvalue weighted by Crippen LogP contribution is -2.44. The van der Waals surface area contributed by atoms with Crippen molar-refractivity contribution in [2.24, 2.45) is 0 Å². The van der Waals surface area contributed by atoms with E-state index in [1.165, 1.54) is 4.90 Å². The Balaban J connectivity index is 1.90. The fourth-order valence-electron chi connectivity index (χ4n) is 3.70. The third kappa shape index (κ3) is 4.97. The highest BCUT2D eigenvalue weighted by Gasteiger charge is 2.38. The van der Waals surface area contributed by atoms with Crippen LogP contribution < -0.4 is 4.74 Å². The van der Waals surface area contributed by atoms with Crippen LogP contribution in [0.3, 0.4) is 0 Å². The zero-order valence-electron chi connectivity index (χ0n) is 18.8. The third-order valence-electron chi connectivity index (χ3n) is 5.65. The molecule has 2 amide bonds. The summed E-state index contributed by atoms with van der Waals surface area (Å²) in [6.45, 7) is 6.27. The van der Waals surface area contributed by atoms with Crippen LogP contribution in [0.15, 0.2) is 71.3 Å². The highest BCUT2D eigenvalue weighted by atomic mass is 16.5. The number of rotatable bonds is 8. The molecule has 1 aliphatic heterocycles. The van der Waals surface area contributed by atoms with Crippen LogP contribution in [0.1, 0.15) is 57.2 Å².